The number of hydrogen-bond donors (Lipinski definition) is 1. The van der Waals surface area contributed by atoms with Gasteiger partial charge in [-0.15, -0.1) is 0 Å². The molecule has 0 radical (unpaired) electrons. The van der Waals surface area contributed by atoms with Crippen LogP contribution in [0.25, 0.3) is 10.8 Å². The van der Waals surface area contributed by atoms with E-state index in [9.17, 15) is 5.26 Å². The van der Waals surface area contributed by atoms with Gasteiger partial charge in [-0.25, -0.2) is 0 Å². The van der Waals surface area contributed by atoms with Crippen LogP contribution in [0.2, 0.25) is 0 Å². The second kappa shape index (κ2) is 5.18. The Morgan fingerprint density at radius 2 is 1.67 bits per heavy atom. The Morgan fingerprint density at radius 1 is 0.905 bits per heavy atom. The first-order chi connectivity index (χ1) is 10.2. The van der Waals surface area contributed by atoms with Crippen LogP contribution in [0.15, 0.2) is 54.6 Å². The van der Waals surface area contributed by atoms with Crippen molar-refractivity contribution in [3.8, 4) is 17.6 Å². The molecular formula is C18H14N2O. The highest BCUT2D eigenvalue weighted by Gasteiger charge is 2.09. The van der Waals surface area contributed by atoms with Crippen LogP contribution in [0.3, 0.4) is 0 Å². The van der Waals surface area contributed by atoms with E-state index in [0.29, 0.717) is 22.7 Å². The summed E-state index contributed by atoms with van der Waals surface area (Å²) in [7, 11) is 0. The lowest BCUT2D eigenvalue weighted by Crippen LogP contribution is -1.95. The monoisotopic (exact) mass is 274 g/mol. The Balaban J connectivity index is 2.14. The van der Waals surface area contributed by atoms with E-state index >= 15 is 0 Å². The third-order valence-corrected chi connectivity index (χ3v) is 3.51. The number of rotatable bonds is 2. The van der Waals surface area contributed by atoms with Crippen LogP contribution >= 0.6 is 0 Å². The van der Waals surface area contributed by atoms with Gasteiger partial charge in [-0.2, -0.15) is 5.26 Å². The zero-order valence-corrected chi connectivity index (χ0v) is 11.6. The number of para-hydroxylation sites is 1. The normalized spacial score (nSPS) is 10.3. The molecule has 21 heavy (non-hydrogen) atoms. The fourth-order valence-corrected chi connectivity index (χ4v) is 2.32. The molecular weight excluding hydrogens is 260 g/mol. The molecule has 3 rings (SSSR count). The first-order valence-corrected chi connectivity index (χ1v) is 6.65. The summed E-state index contributed by atoms with van der Waals surface area (Å²) in [6, 6.07) is 19.2. The molecule has 0 atom stereocenters. The zero-order valence-electron chi connectivity index (χ0n) is 11.6. The van der Waals surface area contributed by atoms with Crippen LogP contribution in [0.1, 0.15) is 11.1 Å². The first kappa shape index (κ1) is 13.0. The highest BCUT2D eigenvalue weighted by molar-refractivity contribution is 5.93. The molecule has 0 aliphatic carbocycles. The van der Waals surface area contributed by atoms with E-state index < -0.39 is 0 Å². The molecule has 0 aliphatic heterocycles. The van der Waals surface area contributed by atoms with Crippen molar-refractivity contribution >= 4 is 16.5 Å². The molecule has 0 heterocycles. The smallest absolute Gasteiger partial charge is 0.150 e. The number of nitrogens with zero attached hydrogens (tertiary/aromatic N) is 1. The van der Waals surface area contributed by atoms with Gasteiger partial charge in [-0.3, -0.25) is 0 Å². The van der Waals surface area contributed by atoms with Crippen molar-refractivity contribution < 1.29 is 4.74 Å². The van der Waals surface area contributed by atoms with Crippen molar-refractivity contribution in [3.05, 3.63) is 65.7 Å². The number of ether oxygens (including phenoxy) is 1. The van der Waals surface area contributed by atoms with E-state index in [4.69, 9.17) is 10.5 Å². The zero-order chi connectivity index (χ0) is 14.8. The molecule has 0 aliphatic rings. The van der Waals surface area contributed by atoms with Gasteiger partial charge in [0.1, 0.15) is 5.75 Å². The number of anilines is 1. The number of aryl methyl sites for hydroxylation is 1. The molecule has 0 spiro atoms. The Hall–Kier alpha value is -2.99. The molecule has 3 aromatic carbocycles. The molecule has 0 saturated heterocycles. The maximum absolute atomic E-state index is 9.19. The van der Waals surface area contributed by atoms with Crippen molar-refractivity contribution in [1.82, 2.24) is 0 Å². The highest BCUT2D eigenvalue weighted by atomic mass is 16.5. The number of benzene rings is 3. The van der Waals surface area contributed by atoms with Gasteiger partial charge < -0.3 is 10.5 Å². The van der Waals surface area contributed by atoms with Crippen LogP contribution in [0, 0.1) is 18.3 Å². The molecule has 0 saturated carbocycles. The lowest BCUT2D eigenvalue weighted by atomic mass is 10.0. The average molecular weight is 274 g/mol. The summed E-state index contributed by atoms with van der Waals surface area (Å²) in [6.07, 6.45) is 0. The highest BCUT2D eigenvalue weighted by Crippen LogP contribution is 2.35. The number of nitriles is 1. The topological polar surface area (TPSA) is 59.0 Å². The predicted molar refractivity (Wildman–Crippen MR) is 84.3 cm³/mol. The van der Waals surface area contributed by atoms with Crippen molar-refractivity contribution in [2.45, 2.75) is 6.92 Å². The summed E-state index contributed by atoms with van der Waals surface area (Å²) < 4.78 is 5.97. The van der Waals surface area contributed by atoms with Gasteiger partial charge >= 0.3 is 0 Å². The quantitative estimate of drug-likeness (QED) is 0.705. The molecule has 3 aromatic rings. The minimum atomic E-state index is 0.630. The molecule has 3 nitrogen and oxygen atoms in total. The second-order valence-corrected chi connectivity index (χ2v) is 4.86. The third-order valence-electron chi connectivity index (χ3n) is 3.51. The molecule has 0 amide bonds. The van der Waals surface area contributed by atoms with Crippen LogP contribution < -0.4 is 10.5 Å². The summed E-state index contributed by atoms with van der Waals surface area (Å²) in [5.74, 6) is 1.33. The van der Waals surface area contributed by atoms with Gasteiger partial charge in [0.05, 0.1) is 17.3 Å². The first-order valence-electron chi connectivity index (χ1n) is 6.65. The predicted octanol–water partition coefficient (Wildman–Crippen LogP) is 4.39. The van der Waals surface area contributed by atoms with Crippen LogP contribution in [0.5, 0.6) is 11.5 Å². The third kappa shape index (κ3) is 2.28. The van der Waals surface area contributed by atoms with E-state index in [1.807, 2.05) is 55.5 Å². The van der Waals surface area contributed by atoms with Gasteiger partial charge in [0, 0.05) is 10.8 Å². The number of nitrogens with two attached hydrogens (primary N) is 1. The van der Waals surface area contributed by atoms with Gasteiger partial charge in [-0.1, -0.05) is 36.4 Å². The number of hydrogen-bond acceptors (Lipinski definition) is 3. The van der Waals surface area contributed by atoms with Gasteiger partial charge in [-0.05, 0) is 30.7 Å². The fraction of sp³-hybridized carbons (Fsp3) is 0.0556. The van der Waals surface area contributed by atoms with E-state index in [0.717, 1.165) is 16.3 Å². The summed E-state index contributed by atoms with van der Waals surface area (Å²) in [6.45, 7) is 1.94. The van der Waals surface area contributed by atoms with Gasteiger partial charge in [0.25, 0.3) is 0 Å². The minimum Gasteiger partial charge on any atom is -0.455 e. The lowest BCUT2D eigenvalue weighted by Gasteiger charge is -2.12. The summed E-state index contributed by atoms with van der Waals surface area (Å²) in [4.78, 5) is 0. The molecule has 0 unspecified atom stereocenters. The number of nitrogen functional groups attached to an aromatic ring is 1. The fourth-order valence-electron chi connectivity index (χ4n) is 2.32. The maximum atomic E-state index is 9.19. The number of fused-ring (bicyclic) bond motifs is 1. The van der Waals surface area contributed by atoms with E-state index in [1.165, 1.54) is 0 Å². The van der Waals surface area contributed by atoms with E-state index in [2.05, 4.69) is 6.07 Å². The molecule has 3 heteroatoms. The summed E-state index contributed by atoms with van der Waals surface area (Å²) >= 11 is 0. The Kier molecular flexibility index (Phi) is 3.21. The Labute approximate surface area is 123 Å². The van der Waals surface area contributed by atoms with E-state index in [-0.39, 0.29) is 0 Å². The largest absolute Gasteiger partial charge is 0.455 e. The minimum absolute atomic E-state index is 0.630. The molecule has 0 bridgehead atoms. The van der Waals surface area contributed by atoms with Crippen LogP contribution in [-0.4, -0.2) is 0 Å². The Bertz CT molecular complexity index is 863. The molecule has 102 valence electrons. The SMILES string of the molecule is Cc1cccc(Oc2ccc(C#N)c3ccccc23)c1N. The Morgan fingerprint density at radius 3 is 2.43 bits per heavy atom. The van der Waals surface area contributed by atoms with Crippen molar-refractivity contribution in [2.24, 2.45) is 0 Å². The summed E-state index contributed by atoms with van der Waals surface area (Å²) in [5.41, 5.74) is 8.30. The van der Waals surface area contributed by atoms with Crippen molar-refractivity contribution in [2.75, 3.05) is 5.73 Å². The maximum Gasteiger partial charge on any atom is 0.150 e. The second-order valence-electron chi connectivity index (χ2n) is 4.86. The summed E-state index contributed by atoms with van der Waals surface area (Å²) in [5, 5.41) is 11.0. The van der Waals surface area contributed by atoms with Crippen LogP contribution in [-0.2, 0) is 0 Å². The van der Waals surface area contributed by atoms with Gasteiger partial charge in [0.15, 0.2) is 5.75 Å². The van der Waals surface area contributed by atoms with Crippen LogP contribution in [0.4, 0.5) is 5.69 Å². The molecule has 0 fully saturated rings. The standard InChI is InChI=1S/C18H14N2O/c1-12-5-4-8-17(18(12)20)21-16-10-9-13(11-19)14-6-2-3-7-15(14)16/h2-10H,20H2,1H3. The van der Waals surface area contributed by atoms with Gasteiger partial charge in [0.2, 0.25) is 0 Å². The lowest BCUT2D eigenvalue weighted by molar-refractivity contribution is 0.490. The molecule has 2 N–H and O–H groups in total. The van der Waals surface area contributed by atoms with Crippen molar-refractivity contribution in [3.63, 3.8) is 0 Å². The average Bonchev–Trinajstić information content (AvgIpc) is 2.52. The molecule has 0 aromatic heterocycles. The van der Waals surface area contributed by atoms with E-state index in [1.54, 1.807) is 6.07 Å². The van der Waals surface area contributed by atoms with Crippen molar-refractivity contribution in [1.29, 1.82) is 5.26 Å².